The van der Waals surface area contributed by atoms with Gasteiger partial charge in [0.1, 0.15) is 0 Å². The molecule has 0 bridgehead atoms. The quantitative estimate of drug-likeness (QED) is 0.723. The highest BCUT2D eigenvalue weighted by Crippen LogP contribution is 2.43. The van der Waals surface area contributed by atoms with Gasteiger partial charge in [-0.05, 0) is 38.0 Å². The summed E-state index contributed by atoms with van der Waals surface area (Å²) in [6.07, 6.45) is 4.58. The van der Waals surface area contributed by atoms with Crippen LogP contribution < -0.4 is 4.72 Å². The molecule has 2 aromatic heterocycles. The van der Waals surface area contributed by atoms with Gasteiger partial charge in [-0.3, -0.25) is 0 Å². The molecule has 1 saturated carbocycles. The van der Waals surface area contributed by atoms with E-state index in [1.165, 1.54) is 12.1 Å². The number of hydrogen-bond acceptors (Lipinski definition) is 4. The molecule has 0 spiro atoms. The van der Waals surface area contributed by atoms with Crippen LogP contribution in [0.5, 0.6) is 0 Å². The Bertz CT molecular complexity index is 1140. The van der Waals surface area contributed by atoms with E-state index in [1.54, 1.807) is 25.3 Å². The first-order chi connectivity index (χ1) is 12.7. The lowest BCUT2D eigenvalue weighted by Crippen LogP contribution is -2.26. The SMILES string of the molecule is CC(NS(C)(=O)=O)c1cc(-c2cc3cc(F)c(F)cc3n2C2CC2)cnn1. The first-order valence-electron chi connectivity index (χ1n) is 8.53. The Balaban J connectivity index is 1.83. The van der Waals surface area contributed by atoms with E-state index in [9.17, 15) is 17.2 Å². The second-order valence-corrected chi connectivity index (χ2v) is 8.72. The number of halogens is 2. The monoisotopic (exact) mass is 392 g/mol. The van der Waals surface area contributed by atoms with E-state index < -0.39 is 27.7 Å². The summed E-state index contributed by atoms with van der Waals surface area (Å²) in [6, 6.07) is 5.62. The number of fused-ring (bicyclic) bond motifs is 1. The number of nitrogens with one attached hydrogen (secondary N) is 1. The molecule has 0 radical (unpaired) electrons. The number of benzene rings is 1. The minimum Gasteiger partial charge on any atom is -0.337 e. The Morgan fingerprint density at radius 1 is 1.19 bits per heavy atom. The Morgan fingerprint density at radius 3 is 2.56 bits per heavy atom. The van der Waals surface area contributed by atoms with Crippen molar-refractivity contribution in [2.75, 3.05) is 6.26 Å². The molecule has 0 aliphatic heterocycles. The molecule has 27 heavy (non-hydrogen) atoms. The van der Waals surface area contributed by atoms with Gasteiger partial charge in [-0.2, -0.15) is 10.2 Å². The summed E-state index contributed by atoms with van der Waals surface area (Å²) in [7, 11) is -3.40. The minimum absolute atomic E-state index is 0.227. The summed E-state index contributed by atoms with van der Waals surface area (Å²) in [5.41, 5.74) is 2.58. The van der Waals surface area contributed by atoms with Crippen LogP contribution in [0.4, 0.5) is 8.78 Å². The molecular weight excluding hydrogens is 374 g/mol. The molecule has 142 valence electrons. The first-order valence-corrected chi connectivity index (χ1v) is 10.4. The molecule has 9 heteroatoms. The Kier molecular flexibility index (Phi) is 4.23. The van der Waals surface area contributed by atoms with Gasteiger partial charge in [0.05, 0.1) is 35.4 Å². The zero-order chi connectivity index (χ0) is 19.3. The summed E-state index contributed by atoms with van der Waals surface area (Å²) in [5.74, 6) is -1.77. The number of sulfonamides is 1. The fraction of sp³-hybridized carbons (Fsp3) is 0.333. The second-order valence-electron chi connectivity index (χ2n) is 6.94. The number of nitrogens with zero attached hydrogens (tertiary/aromatic N) is 3. The molecule has 0 saturated heterocycles. The van der Waals surface area contributed by atoms with Crippen molar-refractivity contribution in [3.05, 3.63) is 47.8 Å². The highest BCUT2D eigenvalue weighted by atomic mass is 32.2. The van der Waals surface area contributed by atoms with Crippen molar-refractivity contribution in [3.63, 3.8) is 0 Å². The maximum atomic E-state index is 13.8. The van der Waals surface area contributed by atoms with Crippen LogP contribution in [0.2, 0.25) is 0 Å². The smallest absolute Gasteiger partial charge is 0.209 e. The molecule has 1 atom stereocenters. The first kappa shape index (κ1) is 18.0. The fourth-order valence-corrected chi connectivity index (χ4v) is 4.05. The van der Waals surface area contributed by atoms with Crippen molar-refractivity contribution in [1.29, 1.82) is 0 Å². The lowest BCUT2D eigenvalue weighted by Gasteiger charge is -2.13. The molecule has 3 aromatic rings. The van der Waals surface area contributed by atoms with Crippen LogP contribution in [-0.4, -0.2) is 29.4 Å². The second kappa shape index (κ2) is 6.35. The molecule has 1 unspecified atom stereocenters. The van der Waals surface area contributed by atoms with E-state index in [4.69, 9.17) is 0 Å². The number of rotatable bonds is 5. The van der Waals surface area contributed by atoms with Crippen molar-refractivity contribution in [2.45, 2.75) is 31.8 Å². The fourth-order valence-electron chi connectivity index (χ4n) is 3.29. The van der Waals surface area contributed by atoms with Crippen molar-refractivity contribution in [2.24, 2.45) is 0 Å². The number of hydrogen-bond donors (Lipinski definition) is 1. The molecule has 4 rings (SSSR count). The molecule has 2 heterocycles. The topological polar surface area (TPSA) is 76.9 Å². The molecule has 6 nitrogen and oxygen atoms in total. The van der Waals surface area contributed by atoms with Crippen molar-refractivity contribution in [3.8, 4) is 11.3 Å². The summed E-state index contributed by atoms with van der Waals surface area (Å²) in [6.45, 7) is 1.68. The Hall–Kier alpha value is -2.39. The Morgan fingerprint density at radius 2 is 1.89 bits per heavy atom. The van der Waals surface area contributed by atoms with Crippen molar-refractivity contribution in [1.82, 2.24) is 19.5 Å². The van der Waals surface area contributed by atoms with Crippen molar-refractivity contribution < 1.29 is 17.2 Å². The lowest BCUT2D eigenvalue weighted by atomic mass is 10.1. The van der Waals surface area contributed by atoms with E-state index >= 15 is 0 Å². The van der Waals surface area contributed by atoms with Crippen LogP contribution in [0.3, 0.4) is 0 Å². The molecule has 1 N–H and O–H groups in total. The van der Waals surface area contributed by atoms with E-state index in [0.717, 1.165) is 24.8 Å². The summed E-state index contributed by atoms with van der Waals surface area (Å²) >= 11 is 0. The summed E-state index contributed by atoms with van der Waals surface area (Å²) in [5, 5.41) is 8.61. The highest BCUT2D eigenvalue weighted by molar-refractivity contribution is 7.88. The zero-order valence-electron chi connectivity index (χ0n) is 14.8. The standard InChI is InChI=1S/C18H18F2N4O2S/c1-10(23-27(2,25)26)16-6-12(9-21-22-16)17-7-11-5-14(19)15(20)8-18(11)24(17)13-3-4-13/h5-10,13,23H,3-4H2,1-2H3. The summed E-state index contributed by atoms with van der Waals surface area (Å²) < 4.78 is 54.8. The maximum absolute atomic E-state index is 13.8. The van der Waals surface area contributed by atoms with Crippen LogP contribution in [0, 0.1) is 11.6 Å². The summed E-state index contributed by atoms with van der Waals surface area (Å²) in [4.78, 5) is 0. The van der Waals surface area contributed by atoms with Gasteiger partial charge in [-0.25, -0.2) is 21.9 Å². The maximum Gasteiger partial charge on any atom is 0.209 e. The minimum atomic E-state index is -3.40. The molecule has 1 aliphatic rings. The van der Waals surface area contributed by atoms with Gasteiger partial charge in [0.25, 0.3) is 0 Å². The predicted octanol–water partition coefficient (Wildman–Crippen LogP) is 3.32. The third-order valence-corrected chi connectivity index (χ3v) is 5.38. The number of aromatic nitrogens is 3. The van der Waals surface area contributed by atoms with E-state index in [2.05, 4.69) is 14.9 Å². The predicted molar refractivity (Wildman–Crippen MR) is 97.5 cm³/mol. The average Bonchev–Trinajstić information content (AvgIpc) is 3.36. The van der Waals surface area contributed by atoms with Gasteiger partial charge in [-0.1, -0.05) is 0 Å². The van der Waals surface area contributed by atoms with Crippen LogP contribution in [0.25, 0.3) is 22.2 Å². The van der Waals surface area contributed by atoms with Gasteiger partial charge >= 0.3 is 0 Å². The Labute approximate surface area is 155 Å². The average molecular weight is 392 g/mol. The molecular formula is C18H18F2N4O2S. The third kappa shape index (κ3) is 3.57. The van der Waals surface area contributed by atoms with E-state index in [0.29, 0.717) is 22.2 Å². The lowest BCUT2D eigenvalue weighted by molar-refractivity contribution is 0.510. The van der Waals surface area contributed by atoms with Gasteiger partial charge in [0, 0.05) is 23.1 Å². The largest absolute Gasteiger partial charge is 0.337 e. The highest BCUT2D eigenvalue weighted by Gasteiger charge is 2.28. The molecule has 1 fully saturated rings. The van der Waals surface area contributed by atoms with Crippen LogP contribution in [-0.2, 0) is 10.0 Å². The van der Waals surface area contributed by atoms with Gasteiger partial charge in [0.2, 0.25) is 10.0 Å². The van der Waals surface area contributed by atoms with Crippen molar-refractivity contribution >= 4 is 20.9 Å². The normalized spacial score (nSPS) is 16.0. The molecule has 1 aromatic carbocycles. The van der Waals surface area contributed by atoms with Crippen LogP contribution >= 0.6 is 0 Å². The molecule has 1 aliphatic carbocycles. The third-order valence-electron chi connectivity index (χ3n) is 4.60. The van der Waals surface area contributed by atoms with E-state index in [1.807, 2.05) is 4.57 Å². The van der Waals surface area contributed by atoms with Gasteiger partial charge in [0.15, 0.2) is 11.6 Å². The van der Waals surface area contributed by atoms with Gasteiger partial charge in [-0.15, -0.1) is 0 Å². The molecule has 0 amide bonds. The van der Waals surface area contributed by atoms with Crippen LogP contribution in [0.15, 0.2) is 30.5 Å². The van der Waals surface area contributed by atoms with Gasteiger partial charge < -0.3 is 4.57 Å². The zero-order valence-corrected chi connectivity index (χ0v) is 15.6. The van der Waals surface area contributed by atoms with E-state index in [-0.39, 0.29) is 6.04 Å². The van der Waals surface area contributed by atoms with Crippen LogP contribution in [0.1, 0.15) is 37.5 Å².